The van der Waals surface area contributed by atoms with Crippen LogP contribution in [0, 0.1) is 0 Å². The topological polar surface area (TPSA) is 90.8 Å². The van der Waals surface area contributed by atoms with Crippen molar-refractivity contribution in [2.45, 2.75) is 25.1 Å². The number of nitrogens with zero attached hydrogens (tertiary/aromatic N) is 1. The number of halogens is 3. The molecule has 2 amide bonds. The molecule has 0 aromatic heterocycles. The molecular weight excluding hydrogens is 243 g/mol. The van der Waals surface area contributed by atoms with E-state index in [4.69, 9.17) is 5.11 Å². The lowest BCUT2D eigenvalue weighted by Crippen LogP contribution is -2.44. The lowest BCUT2D eigenvalue weighted by molar-refractivity contribution is -0.201. The molecule has 0 aliphatic carbocycles. The first-order valence-electron chi connectivity index (χ1n) is 4.69. The van der Waals surface area contributed by atoms with Gasteiger partial charge in [-0.25, -0.2) is 5.43 Å². The molecule has 3 N–H and O–H groups in total. The SMILES string of the molecule is O=C1CCC(C(=O)NCC(O)C(F)(F)F)=NN1. The van der Waals surface area contributed by atoms with Crippen molar-refractivity contribution >= 4 is 17.5 Å². The zero-order chi connectivity index (χ0) is 13.1. The van der Waals surface area contributed by atoms with Crippen molar-refractivity contribution in [3.63, 3.8) is 0 Å². The Hall–Kier alpha value is -1.64. The molecule has 0 saturated heterocycles. The summed E-state index contributed by atoms with van der Waals surface area (Å²) in [5, 5.41) is 13.9. The number of amides is 2. The van der Waals surface area contributed by atoms with Gasteiger partial charge in [-0.15, -0.1) is 0 Å². The highest BCUT2D eigenvalue weighted by molar-refractivity contribution is 6.39. The van der Waals surface area contributed by atoms with Gasteiger partial charge in [-0.1, -0.05) is 0 Å². The predicted molar refractivity (Wildman–Crippen MR) is 49.9 cm³/mol. The van der Waals surface area contributed by atoms with Crippen molar-refractivity contribution in [1.29, 1.82) is 0 Å². The van der Waals surface area contributed by atoms with E-state index < -0.39 is 24.7 Å². The van der Waals surface area contributed by atoms with Crippen LogP contribution in [0.5, 0.6) is 0 Å². The molecule has 0 aromatic rings. The summed E-state index contributed by atoms with van der Waals surface area (Å²) in [6, 6.07) is 0. The quantitative estimate of drug-likeness (QED) is 0.620. The number of hydrazone groups is 1. The number of carbonyl (C=O) groups excluding carboxylic acids is 2. The Morgan fingerprint density at radius 3 is 2.65 bits per heavy atom. The lowest BCUT2D eigenvalue weighted by Gasteiger charge is -2.16. The van der Waals surface area contributed by atoms with Gasteiger partial charge in [0.25, 0.3) is 5.91 Å². The van der Waals surface area contributed by atoms with Crippen molar-refractivity contribution < 1.29 is 27.9 Å². The Morgan fingerprint density at radius 2 is 2.18 bits per heavy atom. The van der Waals surface area contributed by atoms with E-state index in [9.17, 15) is 22.8 Å². The molecule has 1 aliphatic heterocycles. The van der Waals surface area contributed by atoms with Crippen molar-refractivity contribution in [1.82, 2.24) is 10.7 Å². The van der Waals surface area contributed by atoms with Gasteiger partial charge in [-0.05, 0) is 0 Å². The average Bonchev–Trinajstić information content (AvgIpc) is 2.25. The lowest BCUT2D eigenvalue weighted by atomic mass is 10.1. The molecule has 1 unspecified atom stereocenters. The summed E-state index contributed by atoms with van der Waals surface area (Å²) in [6.07, 6.45) is -7.30. The summed E-state index contributed by atoms with van der Waals surface area (Å²) < 4.78 is 35.7. The van der Waals surface area contributed by atoms with Gasteiger partial charge in [-0.3, -0.25) is 9.59 Å². The van der Waals surface area contributed by atoms with E-state index in [1.165, 1.54) is 0 Å². The van der Waals surface area contributed by atoms with Crippen molar-refractivity contribution in [2.75, 3.05) is 6.54 Å². The fourth-order valence-electron chi connectivity index (χ4n) is 1.04. The second kappa shape index (κ2) is 5.13. The predicted octanol–water partition coefficient (Wildman–Crippen LogP) is -0.708. The summed E-state index contributed by atoms with van der Waals surface area (Å²) in [4.78, 5) is 22.0. The van der Waals surface area contributed by atoms with Crippen molar-refractivity contribution in [3.05, 3.63) is 0 Å². The van der Waals surface area contributed by atoms with Crippen LogP contribution in [0.4, 0.5) is 13.2 Å². The van der Waals surface area contributed by atoms with Crippen LogP contribution in [-0.2, 0) is 9.59 Å². The van der Waals surface area contributed by atoms with Gasteiger partial charge in [0.15, 0.2) is 6.10 Å². The summed E-state index contributed by atoms with van der Waals surface area (Å²) in [5.41, 5.74) is 1.96. The minimum Gasteiger partial charge on any atom is -0.382 e. The molecule has 0 spiro atoms. The van der Waals surface area contributed by atoms with Gasteiger partial charge in [0.05, 0.1) is 6.54 Å². The van der Waals surface area contributed by atoms with Crippen molar-refractivity contribution in [3.8, 4) is 0 Å². The first kappa shape index (κ1) is 13.4. The normalized spacial score (nSPS) is 18.1. The summed E-state index contributed by atoms with van der Waals surface area (Å²) in [6.45, 7) is -0.949. The molecule has 1 aliphatic rings. The van der Waals surface area contributed by atoms with Gasteiger partial charge in [-0.2, -0.15) is 18.3 Å². The maximum absolute atomic E-state index is 11.9. The highest BCUT2D eigenvalue weighted by atomic mass is 19.4. The van der Waals surface area contributed by atoms with Gasteiger partial charge >= 0.3 is 6.18 Å². The first-order chi connectivity index (χ1) is 7.80. The highest BCUT2D eigenvalue weighted by Crippen LogP contribution is 2.19. The molecule has 9 heteroatoms. The smallest absolute Gasteiger partial charge is 0.382 e. The van der Waals surface area contributed by atoms with E-state index in [2.05, 4.69) is 5.10 Å². The van der Waals surface area contributed by atoms with Crippen LogP contribution in [0.2, 0.25) is 0 Å². The van der Waals surface area contributed by atoms with E-state index in [0.29, 0.717) is 0 Å². The molecule has 0 fully saturated rings. The van der Waals surface area contributed by atoms with Crippen LogP contribution in [0.25, 0.3) is 0 Å². The molecule has 0 bridgehead atoms. The number of hydrogen-bond donors (Lipinski definition) is 3. The summed E-state index contributed by atoms with van der Waals surface area (Å²) >= 11 is 0. The minimum atomic E-state index is -4.78. The second-order valence-corrected chi connectivity index (χ2v) is 3.36. The first-order valence-corrected chi connectivity index (χ1v) is 4.69. The number of carbonyl (C=O) groups is 2. The molecule has 1 atom stereocenters. The van der Waals surface area contributed by atoms with E-state index in [0.717, 1.165) is 0 Å². The molecule has 0 radical (unpaired) electrons. The van der Waals surface area contributed by atoms with Gasteiger partial charge in [0.2, 0.25) is 5.91 Å². The summed E-state index contributed by atoms with van der Waals surface area (Å²) in [5.74, 6) is -1.20. The number of alkyl halides is 3. The third-order valence-corrected chi connectivity index (χ3v) is 2.00. The zero-order valence-corrected chi connectivity index (χ0v) is 8.54. The third kappa shape index (κ3) is 4.02. The third-order valence-electron chi connectivity index (χ3n) is 2.00. The maximum atomic E-state index is 11.9. The Labute approximate surface area is 93.9 Å². The standard InChI is InChI=1S/C8H10F3N3O3/c9-8(10,11)5(15)3-12-7(17)4-1-2-6(16)14-13-4/h5,15H,1-3H2,(H,12,17)(H,14,16). The van der Waals surface area contributed by atoms with Crippen LogP contribution in [0.1, 0.15) is 12.8 Å². The van der Waals surface area contributed by atoms with E-state index in [1.54, 1.807) is 0 Å². The zero-order valence-electron chi connectivity index (χ0n) is 8.54. The van der Waals surface area contributed by atoms with Gasteiger partial charge in [0.1, 0.15) is 5.71 Å². The molecular formula is C8H10F3N3O3. The van der Waals surface area contributed by atoms with Crippen molar-refractivity contribution in [2.24, 2.45) is 5.10 Å². The molecule has 0 aromatic carbocycles. The van der Waals surface area contributed by atoms with Crippen LogP contribution in [0.3, 0.4) is 0 Å². The van der Waals surface area contributed by atoms with E-state index in [1.807, 2.05) is 10.7 Å². The number of hydrogen-bond acceptors (Lipinski definition) is 4. The number of nitrogens with one attached hydrogen (secondary N) is 2. The fraction of sp³-hybridized carbons (Fsp3) is 0.625. The average molecular weight is 253 g/mol. The Kier molecular flexibility index (Phi) is 4.05. The van der Waals surface area contributed by atoms with Gasteiger partial charge < -0.3 is 10.4 Å². The number of aliphatic hydroxyl groups excluding tert-OH is 1. The number of aliphatic hydroxyl groups is 1. The summed E-state index contributed by atoms with van der Waals surface area (Å²) in [7, 11) is 0. The Morgan fingerprint density at radius 1 is 1.53 bits per heavy atom. The Balaban J connectivity index is 2.43. The molecule has 96 valence electrons. The molecule has 17 heavy (non-hydrogen) atoms. The second-order valence-electron chi connectivity index (χ2n) is 3.36. The monoisotopic (exact) mass is 253 g/mol. The van der Waals surface area contributed by atoms with E-state index in [-0.39, 0.29) is 24.5 Å². The molecule has 0 saturated carbocycles. The van der Waals surface area contributed by atoms with E-state index >= 15 is 0 Å². The van der Waals surface area contributed by atoms with Crippen LogP contribution >= 0.6 is 0 Å². The van der Waals surface area contributed by atoms with Crippen LogP contribution in [0.15, 0.2) is 5.10 Å². The van der Waals surface area contributed by atoms with Crippen LogP contribution < -0.4 is 10.7 Å². The Bertz CT molecular complexity index is 354. The molecule has 6 nitrogen and oxygen atoms in total. The minimum absolute atomic E-state index is 0.0497. The van der Waals surface area contributed by atoms with Crippen LogP contribution in [-0.4, -0.2) is 41.5 Å². The largest absolute Gasteiger partial charge is 0.416 e. The maximum Gasteiger partial charge on any atom is 0.416 e. The fourth-order valence-corrected chi connectivity index (χ4v) is 1.04. The van der Waals surface area contributed by atoms with Gasteiger partial charge in [0, 0.05) is 12.8 Å². The molecule has 1 heterocycles. The molecule has 1 rings (SSSR count). The highest BCUT2D eigenvalue weighted by Gasteiger charge is 2.38. The number of rotatable bonds is 3.